The lowest BCUT2D eigenvalue weighted by molar-refractivity contribution is -0.160. The second kappa shape index (κ2) is 8.68. The van der Waals surface area contributed by atoms with Crippen LogP contribution in [0.3, 0.4) is 0 Å². The summed E-state index contributed by atoms with van der Waals surface area (Å²) in [7, 11) is 1.42. The highest BCUT2D eigenvalue weighted by atomic mass is 35.5. The van der Waals surface area contributed by atoms with Crippen LogP contribution >= 0.6 is 11.6 Å². The molecule has 2 amide bonds. The number of hydrogen-bond donors (Lipinski definition) is 1. The minimum Gasteiger partial charge on any atom is -0.495 e. The topological polar surface area (TPSA) is 84.9 Å². The molecule has 0 aliphatic carbocycles. The van der Waals surface area contributed by atoms with E-state index >= 15 is 0 Å². The number of ether oxygens (including phenoxy) is 2. The van der Waals surface area contributed by atoms with E-state index in [0.29, 0.717) is 16.5 Å². The molecule has 0 aromatic heterocycles. The van der Waals surface area contributed by atoms with Gasteiger partial charge < -0.3 is 19.7 Å². The monoisotopic (exact) mass is 422 g/mol. The van der Waals surface area contributed by atoms with Crippen LogP contribution in [0.5, 0.6) is 5.75 Å². The number of carbonyl (C=O) groups excluding carboxylic acids is 3. The van der Waals surface area contributed by atoms with Crippen LogP contribution in [0.1, 0.15) is 13.3 Å². The van der Waals surface area contributed by atoms with Gasteiger partial charge in [0.25, 0.3) is 5.91 Å². The fourth-order valence-electron chi connectivity index (χ4n) is 2.63. The number of amides is 2. The van der Waals surface area contributed by atoms with Crippen LogP contribution < -0.4 is 15.0 Å². The van der Waals surface area contributed by atoms with Crippen molar-refractivity contribution in [3.63, 3.8) is 0 Å². The van der Waals surface area contributed by atoms with E-state index in [-0.39, 0.29) is 18.9 Å². The molecule has 2 atom stereocenters. The molecule has 1 aromatic rings. The number of rotatable bonds is 6. The molecule has 1 heterocycles. The normalized spacial score (nSPS) is 18.0. The Balaban J connectivity index is 2.00. The molecule has 7 nitrogen and oxygen atoms in total. The number of carbonyl (C=O) groups is 3. The summed E-state index contributed by atoms with van der Waals surface area (Å²) in [5.41, 5.74) is 0.381. The number of benzene rings is 1. The molecule has 28 heavy (non-hydrogen) atoms. The zero-order valence-corrected chi connectivity index (χ0v) is 15.8. The number of nitrogens with one attached hydrogen (secondary N) is 1. The molecule has 1 aliphatic heterocycles. The van der Waals surface area contributed by atoms with Gasteiger partial charge in [0.2, 0.25) is 5.91 Å². The van der Waals surface area contributed by atoms with E-state index < -0.39 is 36.6 Å². The molecule has 154 valence electrons. The molecule has 1 fully saturated rings. The molecule has 1 saturated heterocycles. The molecule has 1 aliphatic rings. The van der Waals surface area contributed by atoms with Crippen molar-refractivity contribution in [1.82, 2.24) is 5.32 Å². The Bertz CT molecular complexity index is 772. The number of alkyl halides is 3. The molecule has 0 saturated carbocycles. The van der Waals surface area contributed by atoms with Gasteiger partial charge in [-0.25, -0.2) is 0 Å². The Morgan fingerprint density at radius 1 is 1.39 bits per heavy atom. The standard InChI is InChI=1S/C17H18ClF3N2O5/c1-9(15(25)22-8-17(19,20)21)28-16(26)10-5-14(24)23(7-10)12-6-11(18)3-4-13(12)27-2/h3-4,6,9-10H,5,7-8H2,1-2H3,(H,22,25). The van der Waals surface area contributed by atoms with E-state index in [1.54, 1.807) is 17.4 Å². The first kappa shape index (κ1) is 21.8. The van der Waals surface area contributed by atoms with Crippen LogP contribution in [-0.4, -0.2) is 50.3 Å². The minimum atomic E-state index is -4.58. The first-order valence-corrected chi connectivity index (χ1v) is 8.58. The van der Waals surface area contributed by atoms with E-state index in [2.05, 4.69) is 0 Å². The van der Waals surface area contributed by atoms with Crippen LogP contribution in [0.2, 0.25) is 5.02 Å². The van der Waals surface area contributed by atoms with Crippen molar-refractivity contribution in [3.05, 3.63) is 23.2 Å². The number of anilines is 1. The Morgan fingerprint density at radius 3 is 2.68 bits per heavy atom. The summed E-state index contributed by atoms with van der Waals surface area (Å²) in [6.45, 7) is -0.415. The zero-order chi connectivity index (χ0) is 21.1. The van der Waals surface area contributed by atoms with E-state index in [1.807, 2.05) is 0 Å². The third kappa shape index (κ3) is 5.51. The van der Waals surface area contributed by atoms with Gasteiger partial charge in [0.1, 0.15) is 12.3 Å². The van der Waals surface area contributed by atoms with Crippen LogP contribution in [-0.2, 0) is 19.1 Å². The van der Waals surface area contributed by atoms with Crippen molar-refractivity contribution in [3.8, 4) is 5.75 Å². The van der Waals surface area contributed by atoms with Gasteiger partial charge in [-0.15, -0.1) is 0 Å². The quantitative estimate of drug-likeness (QED) is 0.711. The van der Waals surface area contributed by atoms with Crippen LogP contribution in [0.25, 0.3) is 0 Å². The first-order valence-electron chi connectivity index (χ1n) is 8.20. The number of esters is 1. The smallest absolute Gasteiger partial charge is 0.405 e. The SMILES string of the molecule is COc1ccc(Cl)cc1N1CC(C(=O)OC(C)C(=O)NCC(F)(F)F)CC1=O. The molecule has 11 heteroatoms. The van der Waals surface area contributed by atoms with Crippen molar-refractivity contribution in [2.24, 2.45) is 5.92 Å². The van der Waals surface area contributed by atoms with E-state index in [4.69, 9.17) is 21.1 Å². The minimum absolute atomic E-state index is 0.0364. The Morgan fingerprint density at radius 2 is 2.07 bits per heavy atom. The zero-order valence-electron chi connectivity index (χ0n) is 15.0. The van der Waals surface area contributed by atoms with Crippen molar-refractivity contribution < 1.29 is 37.0 Å². The molecule has 1 aromatic carbocycles. The summed E-state index contributed by atoms with van der Waals surface area (Å²) in [6, 6.07) is 4.67. The lowest BCUT2D eigenvalue weighted by atomic mass is 10.1. The third-order valence-electron chi connectivity index (χ3n) is 4.02. The van der Waals surface area contributed by atoms with Crippen LogP contribution in [0.15, 0.2) is 18.2 Å². The van der Waals surface area contributed by atoms with Gasteiger partial charge in [-0.3, -0.25) is 14.4 Å². The van der Waals surface area contributed by atoms with Crippen LogP contribution in [0, 0.1) is 5.92 Å². The summed E-state index contributed by atoms with van der Waals surface area (Å²) in [5, 5.41) is 2.00. The van der Waals surface area contributed by atoms with Crippen molar-refractivity contribution >= 4 is 35.1 Å². The second-order valence-corrected chi connectivity index (χ2v) is 6.57. The first-order chi connectivity index (χ1) is 13.0. The predicted octanol–water partition coefficient (Wildman–Crippen LogP) is 2.31. The highest BCUT2D eigenvalue weighted by molar-refractivity contribution is 6.31. The molecule has 1 N–H and O–H groups in total. The Labute approximate surface area is 163 Å². The molecule has 2 rings (SSSR count). The van der Waals surface area contributed by atoms with E-state index in [0.717, 1.165) is 6.92 Å². The van der Waals surface area contributed by atoms with Crippen molar-refractivity contribution in [1.29, 1.82) is 0 Å². The maximum atomic E-state index is 12.3. The number of hydrogen-bond acceptors (Lipinski definition) is 5. The van der Waals surface area contributed by atoms with Gasteiger partial charge in [0.15, 0.2) is 6.10 Å². The van der Waals surface area contributed by atoms with Gasteiger partial charge >= 0.3 is 12.1 Å². The summed E-state index contributed by atoms with van der Waals surface area (Å²) in [6.07, 6.45) is -6.18. The van der Waals surface area contributed by atoms with Crippen molar-refractivity contribution in [2.75, 3.05) is 25.1 Å². The number of halogens is 4. The molecular weight excluding hydrogens is 405 g/mol. The summed E-state index contributed by atoms with van der Waals surface area (Å²) >= 11 is 5.95. The summed E-state index contributed by atoms with van der Waals surface area (Å²) in [5.74, 6) is -2.81. The lowest BCUT2D eigenvalue weighted by Crippen LogP contribution is -2.41. The molecule has 2 unspecified atom stereocenters. The molecule has 0 bridgehead atoms. The van der Waals surface area contributed by atoms with Crippen molar-refractivity contribution in [2.45, 2.75) is 25.6 Å². The summed E-state index contributed by atoms with van der Waals surface area (Å²) < 4.78 is 46.5. The maximum absolute atomic E-state index is 12.3. The molecule has 0 spiro atoms. The second-order valence-electron chi connectivity index (χ2n) is 6.13. The van der Waals surface area contributed by atoms with Gasteiger partial charge in [0, 0.05) is 18.0 Å². The average molecular weight is 423 g/mol. The third-order valence-corrected chi connectivity index (χ3v) is 4.25. The highest BCUT2D eigenvalue weighted by Gasteiger charge is 2.38. The average Bonchev–Trinajstić information content (AvgIpc) is 3.00. The molecular formula is C17H18ClF3N2O5. The number of methoxy groups -OCH3 is 1. The predicted molar refractivity (Wildman–Crippen MR) is 93.1 cm³/mol. The molecule has 0 radical (unpaired) electrons. The maximum Gasteiger partial charge on any atom is 0.405 e. The van der Waals surface area contributed by atoms with Crippen LogP contribution in [0.4, 0.5) is 18.9 Å². The van der Waals surface area contributed by atoms with E-state index in [1.165, 1.54) is 18.1 Å². The van der Waals surface area contributed by atoms with Gasteiger partial charge in [-0.05, 0) is 25.1 Å². The largest absolute Gasteiger partial charge is 0.495 e. The Hall–Kier alpha value is -2.49. The lowest BCUT2D eigenvalue weighted by Gasteiger charge is -2.20. The van der Waals surface area contributed by atoms with E-state index in [9.17, 15) is 27.6 Å². The van der Waals surface area contributed by atoms with Gasteiger partial charge in [-0.2, -0.15) is 13.2 Å². The van der Waals surface area contributed by atoms with Gasteiger partial charge in [0.05, 0.1) is 18.7 Å². The summed E-state index contributed by atoms with van der Waals surface area (Å²) in [4.78, 5) is 37.5. The fourth-order valence-corrected chi connectivity index (χ4v) is 2.79. The Kier molecular flexibility index (Phi) is 6.76. The van der Waals surface area contributed by atoms with Gasteiger partial charge in [-0.1, -0.05) is 11.6 Å². The highest BCUT2D eigenvalue weighted by Crippen LogP contribution is 2.35. The fraction of sp³-hybridized carbons (Fsp3) is 0.471. The number of nitrogens with zero attached hydrogens (tertiary/aromatic N) is 1.